The molecular weight excluding hydrogens is 238 g/mol. The maximum absolute atomic E-state index is 10.9. The molecule has 0 unspecified atom stereocenters. The van der Waals surface area contributed by atoms with E-state index >= 15 is 0 Å². The molecule has 0 saturated carbocycles. The van der Waals surface area contributed by atoms with Gasteiger partial charge in [0.15, 0.2) is 0 Å². The Kier molecular flexibility index (Phi) is 3.01. The summed E-state index contributed by atoms with van der Waals surface area (Å²) in [5, 5.41) is 10.7. The fraction of sp³-hybridized carbons (Fsp3) is 0.0833. The number of benzene rings is 1. The Balaban J connectivity index is 2.42. The highest BCUT2D eigenvalue weighted by Gasteiger charge is 2.15. The van der Waals surface area contributed by atoms with Gasteiger partial charge >= 0.3 is 5.97 Å². The van der Waals surface area contributed by atoms with Gasteiger partial charge in [0.05, 0.1) is 12.8 Å². The molecule has 0 amide bonds. The normalized spacial score (nSPS) is 10.2. The predicted molar refractivity (Wildman–Crippen MR) is 67.7 cm³/mol. The summed E-state index contributed by atoms with van der Waals surface area (Å²) >= 11 is 1.13. The van der Waals surface area contributed by atoms with Crippen molar-refractivity contribution in [3.05, 3.63) is 34.5 Å². The summed E-state index contributed by atoms with van der Waals surface area (Å²) in [7, 11) is 1.59. The van der Waals surface area contributed by atoms with Gasteiger partial charge < -0.3 is 15.6 Å². The lowest BCUT2D eigenvalue weighted by Gasteiger charge is -2.03. The Morgan fingerprint density at radius 2 is 2.00 bits per heavy atom. The molecule has 0 atom stereocenters. The number of carbonyl (C=O) groups is 1. The lowest BCUT2D eigenvalue weighted by Crippen LogP contribution is -1.98. The number of aromatic carboxylic acids is 1. The number of methoxy groups -OCH3 is 1. The summed E-state index contributed by atoms with van der Waals surface area (Å²) in [5.74, 6) is -0.242. The molecule has 0 aliphatic rings. The van der Waals surface area contributed by atoms with Crippen molar-refractivity contribution in [3.8, 4) is 16.9 Å². The lowest BCUT2D eigenvalue weighted by molar-refractivity contribution is 0.0703. The maximum Gasteiger partial charge on any atom is 0.348 e. The lowest BCUT2D eigenvalue weighted by atomic mass is 10.1. The van der Waals surface area contributed by atoms with E-state index in [1.807, 2.05) is 24.3 Å². The van der Waals surface area contributed by atoms with Crippen molar-refractivity contribution in [1.82, 2.24) is 0 Å². The monoisotopic (exact) mass is 249 g/mol. The fourth-order valence-corrected chi connectivity index (χ4v) is 2.36. The van der Waals surface area contributed by atoms with E-state index in [1.165, 1.54) is 0 Å². The Labute approximate surface area is 102 Å². The third-order valence-corrected chi connectivity index (χ3v) is 3.41. The minimum atomic E-state index is -0.993. The summed E-state index contributed by atoms with van der Waals surface area (Å²) in [6, 6.07) is 7.32. The van der Waals surface area contributed by atoms with Gasteiger partial charge in [-0.25, -0.2) is 4.79 Å². The third-order valence-electron chi connectivity index (χ3n) is 2.42. The smallest absolute Gasteiger partial charge is 0.348 e. The summed E-state index contributed by atoms with van der Waals surface area (Å²) in [5.41, 5.74) is 7.74. The summed E-state index contributed by atoms with van der Waals surface area (Å²) in [6.07, 6.45) is 0. The van der Waals surface area contributed by atoms with Crippen LogP contribution in [0.4, 0.5) is 5.69 Å². The van der Waals surface area contributed by atoms with Crippen LogP contribution in [-0.2, 0) is 0 Å². The molecule has 0 spiro atoms. The van der Waals surface area contributed by atoms with Gasteiger partial charge in [-0.15, -0.1) is 11.3 Å². The van der Waals surface area contributed by atoms with E-state index in [4.69, 9.17) is 15.6 Å². The van der Waals surface area contributed by atoms with Gasteiger partial charge in [-0.3, -0.25) is 0 Å². The molecule has 0 bridgehead atoms. The Bertz CT molecular complexity index is 545. The van der Waals surface area contributed by atoms with Gasteiger partial charge in [0, 0.05) is 10.9 Å². The number of carboxylic acid groups (broad SMARTS) is 1. The van der Waals surface area contributed by atoms with Gasteiger partial charge in [0.2, 0.25) is 0 Å². The standard InChI is InChI=1S/C12H11NO3S/c1-16-8-4-2-7(3-5-8)9-6-17-11(10(9)13)12(14)15/h2-6H,13H2,1H3,(H,14,15). The summed E-state index contributed by atoms with van der Waals surface area (Å²) in [4.78, 5) is 11.1. The van der Waals surface area contributed by atoms with Crippen molar-refractivity contribution in [2.24, 2.45) is 0 Å². The second-order valence-corrected chi connectivity index (χ2v) is 4.31. The Morgan fingerprint density at radius 3 is 2.47 bits per heavy atom. The van der Waals surface area contributed by atoms with E-state index in [1.54, 1.807) is 12.5 Å². The van der Waals surface area contributed by atoms with Crippen LogP contribution < -0.4 is 10.5 Å². The molecule has 2 rings (SSSR count). The van der Waals surface area contributed by atoms with E-state index in [9.17, 15) is 4.79 Å². The molecule has 17 heavy (non-hydrogen) atoms. The van der Waals surface area contributed by atoms with Crippen LogP contribution in [0.25, 0.3) is 11.1 Å². The highest BCUT2D eigenvalue weighted by Crippen LogP contribution is 2.34. The number of ether oxygens (including phenoxy) is 1. The highest BCUT2D eigenvalue weighted by atomic mass is 32.1. The van der Waals surface area contributed by atoms with E-state index in [2.05, 4.69) is 0 Å². The minimum absolute atomic E-state index is 0.177. The first-order chi connectivity index (χ1) is 8.13. The molecule has 0 radical (unpaired) electrons. The molecule has 0 aliphatic carbocycles. The molecule has 1 heterocycles. The fourth-order valence-electron chi connectivity index (χ4n) is 1.53. The number of nitrogens with two attached hydrogens (primary N) is 1. The first kappa shape index (κ1) is 11.5. The minimum Gasteiger partial charge on any atom is -0.497 e. The second kappa shape index (κ2) is 4.47. The average Bonchev–Trinajstić information content (AvgIpc) is 2.71. The van der Waals surface area contributed by atoms with Crippen molar-refractivity contribution in [2.45, 2.75) is 0 Å². The van der Waals surface area contributed by atoms with Crippen molar-refractivity contribution >= 4 is 23.0 Å². The predicted octanol–water partition coefficient (Wildman–Crippen LogP) is 2.70. The van der Waals surface area contributed by atoms with Crippen molar-refractivity contribution in [2.75, 3.05) is 12.8 Å². The van der Waals surface area contributed by atoms with E-state index < -0.39 is 5.97 Å². The van der Waals surface area contributed by atoms with Gasteiger partial charge in [-0.1, -0.05) is 12.1 Å². The largest absolute Gasteiger partial charge is 0.497 e. The van der Waals surface area contributed by atoms with Crippen LogP contribution >= 0.6 is 11.3 Å². The second-order valence-electron chi connectivity index (χ2n) is 3.43. The van der Waals surface area contributed by atoms with Gasteiger partial charge in [-0.2, -0.15) is 0 Å². The summed E-state index contributed by atoms with van der Waals surface area (Å²) < 4.78 is 5.06. The van der Waals surface area contributed by atoms with Gasteiger partial charge in [0.25, 0.3) is 0 Å². The van der Waals surface area contributed by atoms with Crippen LogP contribution in [0.1, 0.15) is 9.67 Å². The molecule has 1 aromatic heterocycles. The summed E-state index contributed by atoms with van der Waals surface area (Å²) in [6.45, 7) is 0. The zero-order chi connectivity index (χ0) is 12.4. The number of hydrogen-bond acceptors (Lipinski definition) is 4. The third kappa shape index (κ3) is 2.09. The molecule has 4 nitrogen and oxygen atoms in total. The van der Waals surface area contributed by atoms with Crippen LogP contribution in [0.2, 0.25) is 0 Å². The first-order valence-electron chi connectivity index (χ1n) is 4.88. The number of carboxylic acids is 1. The quantitative estimate of drug-likeness (QED) is 0.877. The van der Waals surface area contributed by atoms with E-state index in [0.717, 1.165) is 28.2 Å². The molecule has 5 heteroatoms. The molecule has 0 aliphatic heterocycles. The SMILES string of the molecule is COc1ccc(-c2csc(C(=O)O)c2N)cc1. The average molecular weight is 249 g/mol. The van der Waals surface area contributed by atoms with Crippen LogP contribution in [0.3, 0.4) is 0 Å². The molecule has 1 aromatic carbocycles. The van der Waals surface area contributed by atoms with E-state index in [0.29, 0.717) is 5.69 Å². The topological polar surface area (TPSA) is 72.5 Å². The van der Waals surface area contributed by atoms with Gasteiger partial charge in [0.1, 0.15) is 10.6 Å². The maximum atomic E-state index is 10.9. The molecule has 0 fully saturated rings. The zero-order valence-electron chi connectivity index (χ0n) is 9.14. The van der Waals surface area contributed by atoms with Crippen LogP contribution in [0.5, 0.6) is 5.75 Å². The number of nitrogen functional groups attached to an aromatic ring is 1. The molecule has 2 aromatic rings. The van der Waals surface area contributed by atoms with E-state index in [-0.39, 0.29) is 4.88 Å². The van der Waals surface area contributed by atoms with Crippen molar-refractivity contribution in [3.63, 3.8) is 0 Å². The Hall–Kier alpha value is -2.01. The number of anilines is 1. The van der Waals surface area contributed by atoms with Crippen LogP contribution in [0.15, 0.2) is 29.6 Å². The van der Waals surface area contributed by atoms with Gasteiger partial charge in [-0.05, 0) is 17.7 Å². The van der Waals surface area contributed by atoms with Crippen LogP contribution in [0, 0.1) is 0 Å². The Morgan fingerprint density at radius 1 is 1.35 bits per heavy atom. The first-order valence-corrected chi connectivity index (χ1v) is 5.76. The molecule has 88 valence electrons. The number of rotatable bonds is 3. The molecule has 3 N–H and O–H groups in total. The molecule has 0 saturated heterocycles. The van der Waals surface area contributed by atoms with Crippen LogP contribution in [-0.4, -0.2) is 18.2 Å². The number of hydrogen-bond donors (Lipinski definition) is 2. The van der Waals surface area contributed by atoms with Crippen molar-refractivity contribution < 1.29 is 14.6 Å². The highest BCUT2D eigenvalue weighted by molar-refractivity contribution is 7.13. The molecular formula is C12H11NO3S. The zero-order valence-corrected chi connectivity index (χ0v) is 9.95. The van der Waals surface area contributed by atoms with Crippen molar-refractivity contribution in [1.29, 1.82) is 0 Å². The number of thiophene rings is 1.